The van der Waals surface area contributed by atoms with E-state index in [1.807, 2.05) is 6.07 Å². The van der Waals surface area contributed by atoms with Crippen molar-refractivity contribution in [3.8, 4) is 0 Å². The third kappa shape index (κ3) is 1.17. The average Bonchev–Trinajstić information content (AvgIpc) is 2.39. The summed E-state index contributed by atoms with van der Waals surface area (Å²) in [6.45, 7) is 8.23. The van der Waals surface area contributed by atoms with Crippen LogP contribution in [0.2, 0.25) is 0 Å². The smallest absolute Gasteiger partial charge is 0.0464 e. The molecule has 0 saturated carbocycles. The first kappa shape index (κ1) is 8.11. The molecule has 1 heterocycles. The lowest BCUT2D eigenvalue weighted by Gasteiger charge is -1.88. The largest absolute Gasteiger partial charge is 0.355 e. The molecule has 0 fully saturated rings. The van der Waals surface area contributed by atoms with E-state index < -0.39 is 0 Å². The summed E-state index contributed by atoms with van der Waals surface area (Å²) in [5.74, 6) is 0. The van der Waals surface area contributed by atoms with Gasteiger partial charge in [0.2, 0.25) is 0 Å². The van der Waals surface area contributed by atoms with Gasteiger partial charge in [-0.05, 0) is 19.9 Å². The Morgan fingerprint density at radius 1 is 1.23 bits per heavy atom. The lowest BCUT2D eigenvalue weighted by Crippen LogP contribution is -2.22. The molecule has 2 aromatic rings. The Morgan fingerprint density at radius 2 is 1.92 bits per heavy atom. The SMILES string of the molecule is C=c1[nH]c2ccccc2c1=C(C)C. The predicted molar refractivity (Wildman–Crippen MR) is 57.8 cm³/mol. The highest BCUT2D eigenvalue weighted by molar-refractivity contribution is 5.81. The molecule has 0 saturated heterocycles. The zero-order chi connectivity index (χ0) is 9.42. The minimum atomic E-state index is 1.02. The molecule has 1 aromatic heterocycles. The second kappa shape index (κ2) is 2.77. The monoisotopic (exact) mass is 171 g/mol. The molecule has 0 unspecified atom stereocenters. The van der Waals surface area contributed by atoms with Gasteiger partial charge in [-0.15, -0.1) is 0 Å². The molecule has 1 nitrogen and oxygen atoms in total. The average molecular weight is 171 g/mol. The van der Waals surface area contributed by atoms with Crippen LogP contribution >= 0.6 is 0 Å². The second-order valence-corrected chi connectivity index (χ2v) is 3.52. The molecule has 0 atom stereocenters. The van der Waals surface area contributed by atoms with Gasteiger partial charge in [0, 0.05) is 21.5 Å². The molecule has 0 spiro atoms. The van der Waals surface area contributed by atoms with Gasteiger partial charge in [-0.2, -0.15) is 0 Å². The van der Waals surface area contributed by atoms with E-state index in [-0.39, 0.29) is 0 Å². The maximum absolute atomic E-state index is 4.00. The van der Waals surface area contributed by atoms with Gasteiger partial charge in [-0.1, -0.05) is 30.4 Å². The van der Waals surface area contributed by atoms with Crippen molar-refractivity contribution in [2.24, 2.45) is 0 Å². The van der Waals surface area contributed by atoms with Crippen LogP contribution in [0.1, 0.15) is 13.8 Å². The molecule has 1 aromatic carbocycles. The first-order valence-electron chi connectivity index (χ1n) is 4.43. The van der Waals surface area contributed by atoms with Crippen molar-refractivity contribution in [2.75, 3.05) is 0 Å². The number of rotatable bonds is 0. The Hall–Kier alpha value is -1.50. The van der Waals surface area contributed by atoms with Crippen molar-refractivity contribution in [1.29, 1.82) is 0 Å². The van der Waals surface area contributed by atoms with E-state index in [9.17, 15) is 0 Å². The molecule has 1 heteroatoms. The summed E-state index contributed by atoms with van der Waals surface area (Å²) >= 11 is 0. The van der Waals surface area contributed by atoms with E-state index in [4.69, 9.17) is 0 Å². The van der Waals surface area contributed by atoms with Crippen molar-refractivity contribution in [1.82, 2.24) is 4.98 Å². The van der Waals surface area contributed by atoms with Crippen molar-refractivity contribution in [3.63, 3.8) is 0 Å². The van der Waals surface area contributed by atoms with Crippen LogP contribution in [0.4, 0.5) is 0 Å². The Bertz CT molecular complexity index is 542. The number of para-hydroxylation sites is 1. The summed E-state index contributed by atoms with van der Waals surface area (Å²) < 4.78 is 0. The summed E-state index contributed by atoms with van der Waals surface area (Å²) in [7, 11) is 0. The third-order valence-electron chi connectivity index (χ3n) is 2.28. The molecular formula is C12H13N. The van der Waals surface area contributed by atoms with Crippen LogP contribution in [-0.4, -0.2) is 4.98 Å². The number of H-pyrrole nitrogens is 1. The molecule has 0 aliphatic heterocycles. The Labute approximate surface area is 77.4 Å². The molecule has 0 aliphatic rings. The number of hydrogen-bond donors (Lipinski definition) is 1. The lowest BCUT2D eigenvalue weighted by molar-refractivity contribution is 1.35. The van der Waals surface area contributed by atoms with Crippen molar-refractivity contribution in [2.45, 2.75) is 13.8 Å². The first-order chi connectivity index (χ1) is 6.20. The Balaban J connectivity index is 3.14. The predicted octanol–water partition coefficient (Wildman–Crippen LogP) is 1.77. The first-order valence-corrected chi connectivity index (χ1v) is 4.43. The maximum atomic E-state index is 4.00. The van der Waals surface area contributed by atoms with Crippen LogP contribution in [0.15, 0.2) is 24.3 Å². The third-order valence-corrected chi connectivity index (χ3v) is 2.28. The second-order valence-electron chi connectivity index (χ2n) is 3.52. The van der Waals surface area contributed by atoms with Gasteiger partial charge in [-0.25, -0.2) is 0 Å². The normalized spacial score (nSPS) is 10.6. The molecule has 0 radical (unpaired) electrons. The van der Waals surface area contributed by atoms with E-state index >= 15 is 0 Å². The van der Waals surface area contributed by atoms with E-state index in [0.29, 0.717) is 0 Å². The van der Waals surface area contributed by atoms with Gasteiger partial charge in [0.05, 0.1) is 0 Å². The van der Waals surface area contributed by atoms with Crippen LogP contribution in [0.25, 0.3) is 23.1 Å². The fraction of sp³-hybridized carbons (Fsp3) is 0.167. The van der Waals surface area contributed by atoms with E-state index in [1.165, 1.54) is 21.7 Å². The number of nitrogens with one attached hydrogen (secondary N) is 1. The van der Waals surface area contributed by atoms with E-state index in [2.05, 4.69) is 43.6 Å². The van der Waals surface area contributed by atoms with Crippen molar-refractivity contribution >= 4 is 23.1 Å². The summed E-state index contributed by atoms with van der Waals surface area (Å²) in [6.07, 6.45) is 0. The zero-order valence-corrected chi connectivity index (χ0v) is 8.02. The lowest BCUT2D eigenvalue weighted by atomic mass is 10.1. The summed E-state index contributed by atoms with van der Waals surface area (Å²) in [5, 5.41) is 3.55. The van der Waals surface area contributed by atoms with E-state index in [1.54, 1.807) is 0 Å². The Morgan fingerprint density at radius 3 is 2.62 bits per heavy atom. The number of benzene rings is 1. The molecule has 66 valence electrons. The van der Waals surface area contributed by atoms with Crippen LogP contribution in [0.5, 0.6) is 0 Å². The van der Waals surface area contributed by atoms with Gasteiger partial charge in [0.25, 0.3) is 0 Å². The van der Waals surface area contributed by atoms with E-state index in [0.717, 1.165) is 5.35 Å². The van der Waals surface area contributed by atoms with Crippen molar-refractivity contribution in [3.05, 3.63) is 34.8 Å². The number of fused-ring (bicyclic) bond motifs is 1. The molecule has 0 amide bonds. The van der Waals surface area contributed by atoms with Crippen LogP contribution in [-0.2, 0) is 0 Å². The highest BCUT2D eigenvalue weighted by Gasteiger charge is 1.97. The van der Waals surface area contributed by atoms with Crippen LogP contribution in [0.3, 0.4) is 0 Å². The topological polar surface area (TPSA) is 15.8 Å². The van der Waals surface area contributed by atoms with Gasteiger partial charge in [0.1, 0.15) is 0 Å². The van der Waals surface area contributed by atoms with Gasteiger partial charge < -0.3 is 4.98 Å². The summed E-state index contributed by atoms with van der Waals surface area (Å²) in [6, 6.07) is 8.30. The maximum Gasteiger partial charge on any atom is 0.0464 e. The molecule has 2 rings (SSSR count). The number of aromatic nitrogens is 1. The molecular weight excluding hydrogens is 158 g/mol. The Kier molecular flexibility index (Phi) is 1.73. The quantitative estimate of drug-likeness (QED) is 0.621. The highest BCUT2D eigenvalue weighted by Crippen LogP contribution is 2.04. The molecule has 1 N–H and O–H groups in total. The van der Waals surface area contributed by atoms with Crippen LogP contribution in [0, 0.1) is 0 Å². The highest BCUT2D eigenvalue weighted by atomic mass is 14.7. The number of hydrogen-bond acceptors (Lipinski definition) is 0. The van der Waals surface area contributed by atoms with Gasteiger partial charge in [-0.3, -0.25) is 0 Å². The fourth-order valence-corrected chi connectivity index (χ4v) is 1.77. The van der Waals surface area contributed by atoms with Crippen molar-refractivity contribution < 1.29 is 0 Å². The molecule has 0 bridgehead atoms. The minimum Gasteiger partial charge on any atom is -0.355 e. The molecule has 13 heavy (non-hydrogen) atoms. The zero-order valence-electron chi connectivity index (χ0n) is 8.02. The van der Waals surface area contributed by atoms with Crippen LogP contribution < -0.4 is 10.6 Å². The van der Waals surface area contributed by atoms with Gasteiger partial charge in [0.15, 0.2) is 0 Å². The van der Waals surface area contributed by atoms with Gasteiger partial charge >= 0.3 is 0 Å². The number of aromatic amines is 1. The fourth-order valence-electron chi connectivity index (χ4n) is 1.77. The molecule has 0 aliphatic carbocycles. The summed E-state index contributed by atoms with van der Waals surface area (Å²) in [5.41, 5.74) is 2.48. The standard InChI is InChI=1S/C12H13N/c1-8(2)12-9(3)13-11-7-5-4-6-10(11)12/h4-7,13H,3H2,1-2H3. The summed E-state index contributed by atoms with van der Waals surface area (Å²) in [4.78, 5) is 3.28. The minimum absolute atomic E-state index is 1.02.